The lowest BCUT2D eigenvalue weighted by molar-refractivity contribution is 0.491. The van der Waals surface area contributed by atoms with E-state index in [1.165, 1.54) is 29.7 Å². The largest absolute Gasteiger partial charge is 0.303 e. The third-order valence-corrected chi connectivity index (χ3v) is 3.20. The minimum atomic E-state index is 0.996. The lowest BCUT2D eigenvalue weighted by Gasteiger charge is -2.36. The van der Waals surface area contributed by atoms with Crippen LogP contribution in [0, 0.1) is 0 Å². The third-order valence-electron chi connectivity index (χ3n) is 2.34. The quantitative estimate of drug-likeness (QED) is 0.577. The van der Waals surface area contributed by atoms with Gasteiger partial charge in [0, 0.05) is 25.2 Å². The summed E-state index contributed by atoms with van der Waals surface area (Å²) in [5, 5.41) is 0. The number of fused-ring (bicyclic) bond motifs is 1. The molecule has 66 valence electrons. The second-order valence-corrected chi connectivity index (χ2v) is 4.26. The zero-order valence-electron chi connectivity index (χ0n) is 7.39. The van der Waals surface area contributed by atoms with E-state index in [0.29, 0.717) is 0 Å². The van der Waals surface area contributed by atoms with Crippen molar-refractivity contribution in [2.75, 3.05) is 13.1 Å². The maximum Gasteiger partial charge on any atom is 0.0510 e. The van der Waals surface area contributed by atoms with Gasteiger partial charge < -0.3 is 4.31 Å². The zero-order chi connectivity index (χ0) is 8.55. The molecule has 0 atom stereocenters. The fourth-order valence-electron chi connectivity index (χ4n) is 1.75. The van der Waals surface area contributed by atoms with E-state index in [1.54, 1.807) is 12.1 Å². The molecule has 2 aliphatic heterocycles. The normalized spacial score (nSPS) is 24.4. The molecule has 0 aromatic heterocycles. The van der Waals surface area contributed by atoms with Gasteiger partial charge in [-0.05, 0) is 30.9 Å². The van der Waals surface area contributed by atoms with E-state index in [2.05, 4.69) is 22.5 Å². The van der Waals surface area contributed by atoms with Gasteiger partial charge in [-0.15, -0.1) is 0 Å². The van der Waals surface area contributed by atoms with Crippen LogP contribution < -0.4 is 4.72 Å². The molecule has 0 unspecified atom stereocenters. The van der Waals surface area contributed by atoms with Crippen LogP contribution in [0.15, 0.2) is 23.4 Å². The van der Waals surface area contributed by atoms with Gasteiger partial charge in [0.15, 0.2) is 0 Å². The molecule has 12 heavy (non-hydrogen) atoms. The van der Waals surface area contributed by atoms with Crippen LogP contribution in [-0.4, -0.2) is 17.4 Å². The Kier molecular flexibility index (Phi) is 2.15. The van der Waals surface area contributed by atoms with Crippen molar-refractivity contribution in [3.05, 3.63) is 23.4 Å². The van der Waals surface area contributed by atoms with Gasteiger partial charge in [0.1, 0.15) is 0 Å². The molecule has 1 fully saturated rings. The van der Waals surface area contributed by atoms with Crippen molar-refractivity contribution in [3.8, 4) is 0 Å². The Morgan fingerprint density at radius 3 is 3.17 bits per heavy atom. The van der Waals surface area contributed by atoms with Gasteiger partial charge in [-0.1, -0.05) is 6.58 Å². The van der Waals surface area contributed by atoms with Gasteiger partial charge in [-0.3, -0.25) is 0 Å². The van der Waals surface area contributed by atoms with Gasteiger partial charge in [0.25, 0.3) is 0 Å². The molecule has 0 spiro atoms. The van der Waals surface area contributed by atoms with Crippen LogP contribution >= 0.6 is 12.1 Å². The van der Waals surface area contributed by atoms with Crippen LogP contribution in [0.25, 0.3) is 0 Å². The highest BCUT2D eigenvalue weighted by molar-refractivity contribution is 7.95. The predicted octanol–water partition coefficient (Wildman–Crippen LogP) is 2.08. The molecular weight excluding hydrogens is 168 g/mol. The highest BCUT2D eigenvalue weighted by Crippen LogP contribution is 2.33. The van der Waals surface area contributed by atoms with Crippen LogP contribution in [0.4, 0.5) is 0 Å². The van der Waals surface area contributed by atoms with Crippen molar-refractivity contribution in [2.24, 2.45) is 0 Å². The van der Waals surface area contributed by atoms with E-state index in [1.807, 2.05) is 0 Å². The molecule has 0 amide bonds. The number of rotatable bonds is 0. The molecule has 1 N–H and O–H groups in total. The molecule has 2 nitrogen and oxygen atoms in total. The lowest BCUT2D eigenvalue weighted by Crippen LogP contribution is -2.33. The Morgan fingerprint density at radius 2 is 2.42 bits per heavy atom. The number of hydrogen-bond donors (Lipinski definition) is 1. The first kappa shape index (κ1) is 8.20. The van der Waals surface area contributed by atoms with E-state index >= 15 is 0 Å². The number of piperidine rings is 1. The smallest absolute Gasteiger partial charge is 0.0510 e. The van der Waals surface area contributed by atoms with Crippen LogP contribution in [0.5, 0.6) is 0 Å². The maximum absolute atomic E-state index is 4.11. The Hall–Kier alpha value is -0.410. The summed E-state index contributed by atoms with van der Waals surface area (Å²) in [6.45, 7) is 8.45. The SMILES string of the molecule is C=C1CCCN2SNCC(C)=C12. The van der Waals surface area contributed by atoms with E-state index < -0.39 is 0 Å². The second-order valence-electron chi connectivity index (χ2n) is 3.35. The lowest BCUT2D eigenvalue weighted by atomic mass is 10.0. The van der Waals surface area contributed by atoms with Crippen molar-refractivity contribution >= 4 is 12.1 Å². The Labute approximate surface area is 78.0 Å². The molecule has 0 radical (unpaired) electrons. The number of hydrogen-bond acceptors (Lipinski definition) is 3. The van der Waals surface area contributed by atoms with Crippen molar-refractivity contribution in [1.82, 2.24) is 9.03 Å². The van der Waals surface area contributed by atoms with Crippen molar-refractivity contribution < 1.29 is 0 Å². The van der Waals surface area contributed by atoms with Crippen molar-refractivity contribution in [1.29, 1.82) is 0 Å². The third kappa shape index (κ3) is 1.27. The molecule has 0 bridgehead atoms. The van der Waals surface area contributed by atoms with E-state index in [4.69, 9.17) is 0 Å². The van der Waals surface area contributed by atoms with Crippen LogP contribution in [0.1, 0.15) is 19.8 Å². The summed E-state index contributed by atoms with van der Waals surface area (Å²) in [4.78, 5) is 0. The standard InChI is InChI=1S/C9H14N2S/c1-7-4-3-5-11-9(7)8(2)6-10-12-11/h10H,1,3-6H2,2H3. The summed E-state index contributed by atoms with van der Waals surface area (Å²) in [6.07, 6.45) is 2.41. The molecule has 0 aromatic carbocycles. The average Bonchev–Trinajstić information content (AvgIpc) is 2.04. The summed E-state index contributed by atoms with van der Waals surface area (Å²) < 4.78 is 5.62. The molecule has 0 aromatic rings. The van der Waals surface area contributed by atoms with E-state index in [0.717, 1.165) is 13.1 Å². The van der Waals surface area contributed by atoms with Gasteiger partial charge in [-0.25, -0.2) is 4.72 Å². The first-order valence-electron chi connectivity index (χ1n) is 4.34. The summed E-state index contributed by atoms with van der Waals surface area (Å²) in [6, 6.07) is 0. The molecule has 2 rings (SSSR count). The predicted molar refractivity (Wildman–Crippen MR) is 53.4 cm³/mol. The van der Waals surface area contributed by atoms with Crippen LogP contribution in [0.2, 0.25) is 0 Å². The topological polar surface area (TPSA) is 15.3 Å². The highest BCUT2D eigenvalue weighted by atomic mass is 32.2. The fraction of sp³-hybridized carbons (Fsp3) is 0.556. The average molecular weight is 182 g/mol. The monoisotopic (exact) mass is 182 g/mol. The summed E-state index contributed by atoms with van der Waals surface area (Å²) >= 11 is 1.72. The second kappa shape index (κ2) is 3.15. The van der Waals surface area contributed by atoms with Gasteiger partial charge >= 0.3 is 0 Å². The van der Waals surface area contributed by atoms with Crippen LogP contribution in [-0.2, 0) is 0 Å². The first-order chi connectivity index (χ1) is 5.79. The minimum Gasteiger partial charge on any atom is -0.303 e. The first-order valence-corrected chi connectivity index (χ1v) is 5.11. The van der Waals surface area contributed by atoms with Gasteiger partial charge in [-0.2, -0.15) is 0 Å². The molecule has 1 saturated heterocycles. The molecular formula is C9H14N2S. The minimum absolute atomic E-state index is 0.996. The van der Waals surface area contributed by atoms with E-state index in [-0.39, 0.29) is 0 Å². The summed E-state index contributed by atoms with van der Waals surface area (Å²) in [7, 11) is 0. The van der Waals surface area contributed by atoms with Crippen molar-refractivity contribution in [2.45, 2.75) is 19.8 Å². The summed E-state index contributed by atoms with van der Waals surface area (Å²) in [5.74, 6) is 0. The molecule has 0 aliphatic carbocycles. The number of nitrogens with zero attached hydrogens (tertiary/aromatic N) is 1. The Bertz CT molecular complexity index is 245. The Morgan fingerprint density at radius 1 is 1.58 bits per heavy atom. The molecule has 0 saturated carbocycles. The van der Waals surface area contributed by atoms with Gasteiger partial charge in [0.2, 0.25) is 0 Å². The maximum atomic E-state index is 4.11. The van der Waals surface area contributed by atoms with E-state index in [9.17, 15) is 0 Å². The Balaban J connectivity index is 2.32. The molecule has 2 heterocycles. The molecule has 3 heteroatoms. The van der Waals surface area contributed by atoms with Crippen molar-refractivity contribution in [3.63, 3.8) is 0 Å². The van der Waals surface area contributed by atoms with Gasteiger partial charge in [0.05, 0.1) is 5.70 Å². The fourth-order valence-corrected chi connectivity index (χ4v) is 2.78. The van der Waals surface area contributed by atoms with Crippen LogP contribution in [0.3, 0.4) is 0 Å². The number of nitrogens with one attached hydrogen (secondary N) is 1. The number of allylic oxidation sites excluding steroid dienone is 1. The molecule has 2 aliphatic rings. The zero-order valence-corrected chi connectivity index (χ0v) is 8.21. The summed E-state index contributed by atoms with van der Waals surface area (Å²) in [5.41, 5.74) is 4.14. The highest BCUT2D eigenvalue weighted by Gasteiger charge is 2.23.